The predicted molar refractivity (Wildman–Crippen MR) is 64.3 cm³/mol. The molecule has 0 radical (unpaired) electrons. The molecule has 3 heterocycles. The van der Waals surface area contributed by atoms with E-state index in [1.54, 1.807) is 0 Å². The number of aromatic nitrogens is 2. The van der Waals surface area contributed by atoms with Gasteiger partial charge in [0.25, 0.3) is 0 Å². The van der Waals surface area contributed by atoms with E-state index in [1.165, 1.54) is 10.0 Å². The van der Waals surface area contributed by atoms with Crippen LogP contribution in [0.3, 0.4) is 0 Å². The first-order valence-electron chi connectivity index (χ1n) is 5.09. The van der Waals surface area contributed by atoms with E-state index in [0.717, 1.165) is 29.3 Å². The van der Waals surface area contributed by atoms with Gasteiger partial charge < -0.3 is 0 Å². The SMILES string of the molecule is O=c1[nH]c(CCl)nc2[se]c3c(c12)CCNC3. The van der Waals surface area contributed by atoms with Crippen molar-refractivity contribution in [3.8, 4) is 0 Å². The second-order valence-corrected chi connectivity index (χ2v) is 6.30. The monoisotopic (exact) mass is 303 g/mol. The molecule has 0 saturated carbocycles. The summed E-state index contributed by atoms with van der Waals surface area (Å²) in [4.78, 5) is 19.1. The molecule has 2 aromatic rings. The first kappa shape index (κ1) is 10.5. The van der Waals surface area contributed by atoms with E-state index in [1.807, 2.05) is 0 Å². The van der Waals surface area contributed by atoms with E-state index in [-0.39, 0.29) is 25.9 Å². The minimum absolute atomic E-state index is 0.0191. The molecule has 16 heavy (non-hydrogen) atoms. The van der Waals surface area contributed by atoms with Gasteiger partial charge in [0.05, 0.1) is 0 Å². The topological polar surface area (TPSA) is 57.8 Å². The number of halogens is 1. The van der Waals surface area contributed by atoms with Gasteiger partial charge in [0.1, 0.15) is 0 Å². The van der Waals surface area contributed by atoms with Crippen molar-refractivity contribution in [2.75, 3.05) is 6.54 Å². The molecule has 1 aliphatic rings. The molecule has 0 aromatic carbocycles. The summed E-state index contributed by atoms with van der Waals surface area (Å²) in [5.41, 5.74) is 1.21. The summed E-state index contributed by atoms with van der Waals surface area (Å²) in [6.07, 6.45) is 0.940. The van der Waals surface area contributed by atoms with Crippen molar-refractivity contribution in [1.29, 1.82) is 0 Å². The predicted octanol–water partition coefficient (Wildman–Crippen LogP) is 0.365. The zero-order valence-corrected chi connectivity index (χ0v) is 10.9. The van der Waals surface area contributed by atoms with Crippen LogP contribution < -0.4 is 10.9 Å². The summed E-state index contributed by atoms with van der Waals surface area (Å²) in [6.45, 7) is 1.85. The van der Waals surface area contributed by atoms with E-state index in [0.29, 0.717) is 5.82 Å². The third-order valence-corrected chi connectivity index (χ3v) is 5.37. The minimum atomic E-state index is -0.0191. The van der Waals surface area contributed by atoms with E-state index in [2.05, 4.69) is 15.3 Å². The van der Waals surface area contributed by atoms with Gasteiger partial charge in [-0.1, -0.05) is 0 Å². The molecule has 0 bridgehead atoms. The number of nitrogens with zero attached hydrogens (tertiary/aromatic N) is 1. The number of hydrogen-bond acceptors (Lipinski definition) is 3. The van der Waals surface area contributed by atoms with Crippen LogP contribution in [0.5, 0.6) is 0 Å². The van der Waals surface area contributed by atoms with Crippen LogP contribution >= 0.6 is 11.6 Å². The fourth-order valence-corrected chi connectivity index (χ4v) is 4.70. The van der Waals surface area contributed by atoms with E-state index in [4.69, 9.17) is 11.6 Å². The maximum atomic E-state index is 11.9. The Morgan fingerprint density at radius 3 is 3.19 bits per heavy atom. The van der Waals surface area contributed by atoms with Crippen LogP contribution in [0, 0.1) is 0 Å². The van der Waals surface area contributed by atoms with Gasteiger partial charge in [0.15, 0.2) is 0 Å². The molecule has 84 valence electrons. The number of H-pyrrole nitrogens is 1. The van der Waals surface area contributed by atoms with Crippen molar-refractivity contribution in [1.82, 2.24) is 15.3 Å². The van der Waals surface area contributed by atoms with Crippen molar-refractivity contribution >= 4 is 35.9 Å². The molecule has 1 aliphatic heterocycles. The van der Waals surface area contributed by atoms with Gasteiger partial charge >= 0.3 is 103 Å². The summed E-state index contributed by atoms with van der Waals surface area (Å²) in [6, 6.07) is 0. The third kappa shape index (κ3) is 1.55. The van der Waals surface area contributed by atoms with Gasteiger partial charge in [-0.2, -0.15) is 0 Å². The first-order valence-corrected chi connectivity index (χ1v) is 7.34. The maximum absolute atomic E-state index is 11.9. The summed E-state index contributed by atoms with van der Waals surface area (Å²) < 4.78 is 2.33. The number of rotatable bonds is 1. The standard InChI is InChI=1S/C10H10ClN3OSe/c11-3-7-13-9(15)8-5-1-2-12-4-6(5)16-10(8)14-7/h12H,1-4H2,(H,13,14,15). The number of fused-ring (bicyclic) bond motifs is 3. The fourth-order valence-electron chi connectivity index (χ4n) is 2.04. The molecular weight excluding hydrogens is 293 g/mol. The van der Waals surface area contributed by atoms with E-state index < -0.39 is 0 Å². The van der Waals surface area contributed by atoms with Crippen LogP contribution in [0.4, 0.5) is 0 Å². The van der Waals surface area contributed by atoms with Gasteiger partial charge in [-0.25, -0.2) is 0 Å². The normalized spacial score (nSPS) is 15.3. The molecule has 3 rings (SSSR count). The Labute approximate surface area is 103 Å². The van der Waals surface area contributed by atoms with Crippen molar-refractivity contribution < 1.29 is 0 Å². The summed E-state index contributed by atoms with van der Waals surface area (Å²) in [5, 5.41) is 4.16. The second kappa shape index (κ2) is 4.00. The average molecular weight is 303 g/mol. The second-order valence-electron chi connectivity index (χ2n) is 3.76. The third-order valence-electron chi connectivity index (χ3n) is 2.76. The molecule has 0 aliphatic carbocycles. The first-order chi connectivity index (χ1) is 7.79. The molecule has 0 atom stereocenters. The summed E-state index contributed by atoms with van der Waals surface area (Å²) in [7, 11) is 0. The van der Waals surface area contributed by atoms with E-state index in [9.17, 15) is 4.79 Å². The molecule has 0 spiro atoms. The van der Waals surface area contributed by atoms with E-state index >= 15 is 0 Å². The molecule has 0 unspecified atom stereocenters. The van der Waals surface area contributed by atoms with Gasteiger partial charge in [-0.05, 0) is 0 Å². The Morgan fingerprint density at radius 1 is 1.50 bits per heavy atom. The van der Waals surface area contributed by atoms with Crippen molar-refractivity contribution in [3.63, 3.8) is 0 Å². The molecule has 0 fully saturated rings. The zero-order chi connectivity index (χ0) is 11.1. The number of hydrogen-bond donors (Lipinski definition) is 2. The molecule has 2 aromatic heterocycles. The van der Waals surface area contributed by atoms with Crippen LogP contribution in [0.25, 0.3) is 9.78 Å². The van der Waals surface area contributed by atoms with Crippen LogP contribution in [0.1, 0.15) is 15.8 Å². The van der Waals surface area contributed by atoms with Gasteiger partial charge in [-0.3, -0.25) is 0 Å². The summed E-state index contributed by atoms with van der Waals surface area (Å²) >= 11 is 5.90. The average Bonchev–Trinajstić information content (AvgIpc) is 2.67. The quantitative estimate of drug-likeness (QED) is 0.591. The molecule has 2 N–H and O–H groups in total. The number of alkyl halides is 1. The van der Waals surface area contributed by atoms with Gasteiger partial charge in [0.2, 0.25) is 0 Å². The van der Waals surface area contributed by atoms with Gasteiger partial charge in [-0.15, -0.1) is 0 Å². The Hall–Kier alpha value is -0.611. The van der Waals surface area contributed by atoms with Crippen molar-refractivity contribution in [2.45, 2.75) is 18.8 Å². The Bertz CT molecular complexity index is 604. The Kier molecular flexibility index (Phi) is 2.64. The molecule has 6 heteroatoms. The van der Waals surface area contributed by atoms with Crippen LogP contribution in [0.15, 0.2) is 4.79 Å². The number of aromatic amines is 1. The van der Waals surface area contributed by atoms with Crippen molar-refractivity contribution in [2.24, 2.45) is 0 Å². The molecule has 4 nitrogen and oxygen atoms in total. The Balaban J connectivity index is 2.34. The molecular formula is C10H10ClN3OSe. The number of nitrogens with one attached hydrogen (secondary N) is 2. The van der Waals surface area contributed by atoms with Crippen molar-refractivity contribution in [3.05, 3.63) is 26.2 Å². The van der Waals surface area contributed by atoms with Crippen LogP contribution in [0.2, 0.25) is 0 Å². The zero-order valence-electron chi connectivity index (χ0n) is 8.47. The molecule has 0 saturated heterocycles. The van der Waals surface area contributed by atoms with Crippen LogP contribution in [-0.4, -0.2) is 31.0 Å². The summed E-state index contributed by atoms with van der Waals surface area (Å²) in [5.74, 6) is 0.849. The fraction of sp³-hybridized carbons (Fsp3) is 0.400. The van der Waals surface area contributed by atoms with Gasteiger partial charge in [0, 0.05) is 0 Å². The van der Waals surface area contributed by atoms with Crippen LogP contribution in [-0.2, 0) is 18.8 Å². The molecule has 0 amide bonds. The Morgan fingerprint density at radius 2 is 2.38 bits per heavy atom.